The summed E-state index contributed by atoms with van der Waals surface area (Å²) in [5.74, 6) is -0.134. The molecule has 1 N–H and O–H groups in total. The summed E-state index contributed by atoms with van der Waals surface area (Å²) in [6.07, 6.45) is 2.37. The topological polar surface area (TPSA) is 66.3 Å². The van der Waals surface area contributed by atoms with E-state index < -0.39 is 5.97 Å². The first kappa shape index (κ1) is 13.7. The number of aryl methyl sites for hydroxylation is 1. The van der Waals surface area contributed by atoms with Gasteiger partial charge in [0.05, 0.1) is 5.39 Å². The maximum absolute atomic E-state index is 11.1. The lowest BCUT2D eigenvalue weighted by Gasteiger charge is -2.28. The van der Waals surface area contributed by atoms with Crippen LogP contribution >= 0.6 is 11.3 Å². The Labute approximate surface area is 115 Å². The Morgan fingerprint density at radius 2 is 2.26 bits per heavy atom. The molecule has 2 rings (SSSR count). The van der Waals surface area contributed by atoms with Crippen LogP contribution in [0.25, 0.3) is 10.2 Å². The molecule has 19 heavy (non-hydrogen) atoms. The first-order chi connectivity index (χ1) is 9.02. The Kier molecular flexibility index (Phi) is 3.99. The Morgan fingerprint density at radius 3 is 2.89 bits per heavy atom. The van der Waals surface area contributed by atoms with E-state index in [0.717, 1.165) is 21.5 Å². The lowest BCUT2D eigenvalue weighted by atomic mass is 10.2. The molecule has 0 saturated heterocycles. The molecular weight excluding hydrogens is 262 g/mol. The fourth-order valence-electron chi connectivity index (χ4n) is 2.00. The minimum Gasteiger partial charge on any atom is -0.480 e. The largest absolute Gasteiger partial charge is 0.480 e. The van der Waals surface area contributed by atoms with Gasteiger partial charge in [-0.15, -0.1) is 11.3 Å². The Bertz CT molecular complexity index is 597. The molecule has 0 spiro atoms. The van der Waals surface area contributed by atoms with Crippen molar-refractivity contribution in [1.29, 1.82) is 0 Å². The lowest BCUT2D eigenvalue weighted by Crippen LogP contribution is -2.37. The highest BCUT2D eigenvalue weighted by Crippen LogP contribution is 2.30. The summed E-state index contributed by atoms with van der Waals surface area (Å²) < 4.78 is 0. The highest BCUT2D eigenvalue weighted by molar-refractivity contribution is 7.18. The van der Waals surface area contributed by atoms with Crippen LogP contribution in [-0.4, -0.2) is 33.6 Å². The van der Waals surface area contributed by atoms with Crippen LogP contribution in [0.4, 0.5) is 5.82 Å². The fraction of sp³-hybridized carbons (Fsp3) is 0.462. The van der Waals surface area contributed by atoms with Gasteiger partial charge in [-0.25, -0.2) is 9.97 Å². The zero-order valence-electron chi connectivity index (χ0n) is 11.3. The number of aromatic nitrogens is 2. The second-order valence-corrected chi connectivity index (χ2v) is 5.79. The summed E-state index contributed by atoms with van der Waals surface area (Å²) in [6, 6.07) is 2.14. The van der Waals surface area contributed by atoms with Gasteiger partial charge in [-0.1, -0.05) is 6.92 Å². The first-order valence-corrected chi connectivity index (χ1v) is 7.04. The third-order valence-electron chi connectivity index (χ3n) is 3.13. The van der Waals surface area contributed by atoms with Gasteiger partial charge in [0.1, 0.15) is 23.5 Å². The van der Waals surface area contributed by atoms with E-state index in [1.54, 1.807) is 11.3 Å². The number of aliphatic carboxylic acids is 1. The molecule has 0 fully saturated rings. The maximum Gasteiger partial charge on any atom is 0.323 e. The maximum atomic E-state index is 11.1. The molecule has 0 aromatic carbocycles. The van der Waals surface area contributed by atoms with Gasteiger partial charge in [0.25, 0.3) is 0 Å². The summed E-state index contributed by atoms with van der Waals surface area (Å²) in [6.45, 7) is 6.02. The van der Waals surface area contributed by atoms with E-state index in [-0.39, 0.29) is 12.6 Å². The molecule has 2 aromatic rings. The Hall–Kier alpha value is -1.69. The van der Waals surface area contributed by atoms with Gasteiger partial charge >= 0.3 is 5.97 Å². The predicted molar refractivity (Wildman–Crippen MR) is 76.9 cm³/mol. The van der Waals surface area contributed by atoms with Gasteiger partial charge in [0.15, 0.2) is 0 Å². The number of anilines is 1. The van der Waals surface area contributed by atoms with E-state index in [4.69, 9.17) is 5.11 Å². The molecule has 6 heteroatoms. The zero-order valence-corrected chi connectivity index (χ0v) is 12.1. The number of fused-ring (bicyclic) bond motifs is 1. The molecule has 0 aliphatic rings. The first-order valence-electron chi connectivity index (χ1n) is 6.22. The lowest BCUT2D eigenvalue weighted by molar-refractivity contribution is -0.135. The highest BCUT2D eigenvalue weighted by atomic mass is 32.1. The van der Waals surface area contributed by atoms with E-state index in [2.05, 4.69) is 9.97 Å². The zero-order chi connectivity index (χ0) is 14.0. The van der Waals surface area contributed by atoms with Crippen LogP contribution in [0, 0.1) is 6.92 Å². The number of hydrogen-bond acceptors (Lipinski definition) is 5. The number of carboxylic acids is 1. The second-order valence-electron chi connectivity index (χ2n) is 4.55. The molecule has 102 valence electrons. The van der Waals surface area contributed by atoms with Crippen LogP contribution in [-0.2, 0) is 4.79 Å². The average Bonchev–Trinajstić information content (AvgIpc) is 2.74. The van der Waals surface area contributed by atoms with Gasteiger partial charge in [0, 0.05) is 10.9 Å². The SMILES string of the molecule is CCC(C)N(CC(=O)O)c1ncnc2sc(C)cc12. The van der Waals surface area contributed by atoms with Crippen molar-refractivity contribution < 1.29 is 9.90 Å². The average molecular weight is 279 g/mol. The fourth-order valence-corrected chi connectivity index (χ4v) is 2.84. The van der Waals surface area contributed by atoms with E-state index in [0.29, 0.717) is 5.82 Å². The van der Waals surface area contributed by atoms with Crippen LogP contribution in [0.5, 0.6) is 0 Å². The van der Waals surface area contributed by atoms with Crippen LogP contribution in [0.3, 0.4) is 0 Å². The molecule has 0 radical (unpaired) electrons. The Balaban J connectivity index is 2.51. The quantitative estimate of drug-likeness (QED) is 0.911. The third-order valence-corrected chi connectivity index (χ3v) is 4.09. The van der Waals surface area contributed by atoms with Crippen molar-refractivity contribution in [1.82, 2.24) is 9.97 Å². The third kappa shape index (κ3) is 2.84. The van der Waals surface area contributed by atoms with Gasteiger partial charge in [-0.2, -0.15) is 0 Å². The van der Waals surface area contributed by atoms with Crippen molar-refractivity contribution in [2.75, 3.05) is 11.4 Å². The van der Waals surface area contributed by atoms with Gasteiger partial charge in [-0.05, 0) is 26.3 Å². The molecule has 0 bridgehead atoms. The predicted octanol–water partition coefficient (Wildman–Crippen LogP) is 2.69. The van der Waals surface area contributed by atoms with E-state index in [1.807, 2.05) is 31.7 Å². The van der Waals surface area contributed by atoms with Crippen molar-refractivity contribution in [3.05, 3.63) is 17.3 Å². The number of nitrogens with zero attached hydrogens (tertiary/aromatic N) is 3. The highest BCUT2D eigenvalue weighted by Gasteiger charge is 2.20. The van der Waals surface area contributed by atoms with Crippen molar-refractivity contribution in [3.8, 4) is 0 Å². The number of carbonyl (C=O) groups is 1. The molecular formula is C13H17N3O2S. The van der Waals surface area contributed by atoms with E-state index in [1.165, 1.54) is 6.33 Å². The number of carboxylic acid groups (broad SMARTS) is 1. The van der Waals surface area contributed by atoms with E-state index in [9.17, 15) is 4.79 Å². The molecule has 1 unspecified atom stereocenters. The number of rotatable bonds is 5. The van der Waals surface area contributed by atoms with Crippen molar-refractivity contribution in [2.24, 2.45) is 0 Å². The summed E-state index contributed by atoms with van der Waals surface area (Å²) >= 11 is 1.60. The van der Waals surface area contributed by atoms with Crippen LogP contribution in [0.1, 0.15) is 25.1 Å². The summed E-state index contributed by atoms with van der Waals surface area (Å²) in [7, 11) is 0. The summed E-state index contributed by atoms with van der Waals surface area (Å²) in [5.41, 5.74) is 0. The van der Waals surface area contributed by atoms with Crippen LogP contribution < -0.4 is 4.90 Å². The molecule has 5 nitrogen and oxygen atoms in total. The summed E-state index contributed by atoms with van der Waals surface area (Å²) in [5, 5.41) is 10.0. The van der Waals surface area contributed by atoms with E-state index >= 15 is 0 Å². The number of hydrogen-bond donors (Lipinski definition) is 1. The smallest absolute Gasteiger partial charge is 0.323 e. The van der Waals surface area contributed by atoms with Crippen molar-refractivity contribution >= 4 is 33.3 Å². The van der Waals surface area contributed by atoms with Crippen molar-refractivity contribution in [3.63, 3.8) is 0 Å². The molecule has 0 saturated carbocycles. The normalized spacial score (nSPS) is 12.6. The molecule has 2 heterocycles. The molecule has 0 aliphatic heterocycles. The van der Waals surface area contributed by atoms with Gasteiger partial charge in [0.2, 0.25) is 0 Å². The molecule has 2 aromatic heterocycles. The van der Waals surface area contributed by atoms with Gasteiger partial charge < -0.3 is 10.0 Å². The standard InChI is InChI=1S/C13H17N3O2S/c1-4-8(2)16(6-11(17)18)12-10-5-9(3)19-13(10)15-7-14-12/h5,7-8H,4,6H2,1-3H3,(H,17,18). The Morgan fingerprint density at radius 1 is 1.53 bits per heavy atom. The van der Waals surface area contributed by atoms with Crippen molar-refractivity contribution in [2.45, 2.75) is 33.2 Å². The second kappa shape index (κ2) is 5.52. The molecule has 1 atom stereocenters. The molecule has 0 aliphatic carbocycles. The van der Waals surface area contributed by atoms with Crippen LogP contribution in [0.15, 0.2) is 12.4 Å². The van der Waals surface area contributed by atoms with Crippen LogP contribution in [0.2, 0.25) is 0 Å². The summed E-state index contributed by atoms with van der Waals surface area (Å²) in [4.78, 5) is 23.5. The number of thiophene rings is 1. The molecule has 0 amide bonds. The minimum absolute atomic E-state index is 0.0456. The minimum atomic E-state index is -0.848. The van der Waals surface area contributed by atoms with Gasteiger partial charge in [-0.3, -0.25) is 4.79 Å². The monoisotopic (exact) mass is 279 g/mol.